The summed E-state index contributed by atoms with van der Waals surface area (Å²) in [7, 11) is 0. The van der Waals surface area contributed by atoms with Gasteiger partial charge in [0.2, 0.25) is 0 Å². The molecule has 0 heterocycles. The third-order valence-corrected chi connectivity index (χ3v) is 0.793. The van der Waals surface area contributed by atoms with Gasteiger partial charge in [-0.05, 0) is 6.92 Å². The lowest BCUT2D eigenvalue weighted by molar-refractivity contribution is 1.32. The van der Waals surface area contributed by atoms with Crippen LogP contribution in [0.25, 0.3) is 0 Å². The summed E-state index contributed by atoms with van der Waals surface area (Å²) in [6, 6.07) is 0. The molecule has 0 saturated carbocycles. The van der Waals surface area contributed by atoms with Gasteiger partial charge in [-0.25, -0.2) is 0 Å². The fourth-order valence-electron chi connectivity index (χ4n) is 0.172. The third kappa shape index (κ3) is 10.9. The summed E-state index contributed by atoms with van der Waals surface area (Å²) in [6.45, 7) is 1.85. The third-order valence-electron chi connectivity index (χ3n) is 0.396. The lowest BCUT2D eigenvalue weighted by atomic mass is 10.5. The molecule has 0 fully saturated rings. The van der Waals surface area contributed by atoms with Gasteiger partial charge in [0.1, 0.15) is 0 Å². The number of rotatable bonds is 1. The zero-order chi connectivity index (χ0) is 4.83. The molecular formula is C5H9BrMg. The quantitative estimate of drug-likeness (QED) is 0.314. The Morgan fingerprint density at radius 2 is 2.14 bits per heavy atom. The average molecular weight is 173 g/mol. The maximum Gasteiger partial charge on any atom is 0.316 e. The summed E-state index contributed by atoms with van der Waals surface area (Å²) in [4.78, 5) is 0. The van der Waals surface area contributed by atoms with Crippen molar-refractivity contribution in [3.05, 3.63) is 0 Å². The first kappa shape index (κ1) is 10.7. The maximum absolute atomic E-state index is 3.25. The van der Waals surface area contributed by atoms with Crippen LogP contribution in [0, 0.1) is 11.8 Å². The Morgan fingerprint density at radius 1 is 1.57 bits per heavy atom. The molecule has 0 spiro atoms. The van der Waals surface area contributed by atoms with Gasteiger partial charge in [0.15, 0.2) is 0 Å². The van der Waals surface area contributed by atoms with Crippen molar-refractivity contribution in [3.63, 3.8) is 0 Å². The van der Waals surface area contributed by atoms with E-state index in [4.69, 9.17) is 0 Å². The van der Waals surface area contributed by atoms with E-state index in [1.54, 1.807) is 0 Å². The van der Waals surface area contributed by atoms with E-state index in [1.807, 2.05) is 6.92 Å². The highest BCUT2D eigenvalue weighted by Gasteiger charge is 1.65. The predicted molar refractivity (Wildman–Crippen MR) is 40.4 cm³/mol. The lowest BCUT2D eigenvalue weighted by Crippen LogP contribution is -1.62. The molecule has 0 nitrogen and oxygen atoms in total. The van der Waals surface area contributed by atoms with Crippen molar-refractivity contribution >= 4 is 39.0 Å². The van der Waals surface area contributed by atoms with Crippen molar-refractivity contribution in [2.45, 2.75) is 13.3 Å². The van der Waals surface area contributed by atoms with E-state index in [9.17, 15) is 0 Å². The van der Waals surface area contributed by atoms with E-state index < -0.39 is 0 Å². The van der Waals surface area contributed by atoms with Gasteiger partial charge in [-0.3, -0.25) is 0 Å². The molecule has 2 heteroatoms. The summed E-state index contributed by atoms with van der Waals surface area (Å²) in [6.07, 6.45) is 0.969. The second-order valence-electron chi connectivity index (χ2n) is 0.866. The van der Waals surface area contributed by atoms with Crippen LogP contribution < -0.4 is 0 Å². The standard InChI is InChI=1S/C5H7Br.Mg.2H/c1-2-3-4-5-6;;;/h4-5H2,1H3;;;. The van der Waals surface area contributed by atoms with Crippen molar-refractivity contribution in [3.8, 4) is 11.8 Å². The van der Waals surface area contributed by atoms with Gasteiger partial charge in [-0.1, -0.05) is 15.9 Å². The average Bonchev–Trinajstić information content (AvgIpc) is 1.61. The van der Waals surface area contributed by atoms with Crippen LogP contribution in [0.1, 0.15) is 13.3 Å². The molecule has 0 N–H and O–H groups in total. The van der Waals surface area contributed by atoms with Gasteiger partial charge >= 0.3 is 23.1 Å². The summed E-state index contributed by atoms with van der Waals surface area (Å²) in [5.74, 6) is 5.69. The van der Waals surface area contributed by atoms with Crippen LogP contribution >= 0.6 is 15.9 Å². The Bertz CT molecular complexity index is 69.9. The van der Waals surface area contributed by atoms with Gasteiger partial charge in [0, 0.05) is 11.8 Å². The lowest BCUT2D eigenvalue weighted by Gasteiger charge is -1.70. The van der Waals surface area contributed by atoms with Crippen LogP contribution in [0.3, 0.4) is 0 Å². The highest BCUT2D eigenvalue weighted by Crippen LogP contribution is 1.82. The highest BCUT2D eigenvalue weighted by molar-refractivity contribution is 9.09. The van der Waals surface area contributed by atoms with Crippen molar-refractivity contribution < 1.29 is 0 Å². The molecular weight excluding hydrogens is 164 g/mol. The molecule has 0 aromatic rings. The zero-order valence-electron chi connectivity index (χ0n) is 3.79. The minimum absolute atomic E-state index is 0. The number of alkyl halides is 1. The summed E-state index contributed by atoms with van der Waals surface area (Å²) in [5.41, 5.74) is 0. The minimum Gasteiger partial charge on any atom is -0.107 e. The minimum atomic E-state index is 0. The molecule has 0 aromatic carbocycles. The number of halogens is 1. The largest absolute Gasteiger partial charge is 0.316 e. The van der Waals surface area contributed by atoms with Crippen molar-refractivity contribution in [1.29, 1.82) is 0 Å². The Labute approximate surface area is 69.3 Å². The topological polar surface area (TPSA) is 0 Å². The molecule has 0 unspecified atom stereocenters. The Morgan fingerprint density at radius 3 is 2.29 bits per heavy atom. The first-order valence-electron chi connectivity index (χ1n) is 1.87. The van der Waals surface area contributed by atoms with Gasteiger partial charge in [-0.2, -0.15) is 0 Å². The second-order valence-corrected chi connectivity index (χ2v) is 1.66. The van der Waals surface area contributed by atoms with E-state index in [0.717, 1.165) is 11.8 Å². The first-order chi connectivity index (χ1) is 2.91. The van der Waals surface area contributed by atoms with Gasteiger partial charge in [-0.15, -0.1) is 11.8 Å². The fraction of sp³-hybridized carbons (Fsp3) is 0.600. The van der Waals surface area contributed by atoms with Crippen LogP contribution in [0.5, 0.6) is 0 Å². The molecule has 0 aliphatic carbocycles. The molecule has 7 heavy (non-hydrogen) atoms. The van der Waals surface area contributed by atoms with Gasteiger partial charge in [0.25, 0.3) is 0 Å². The van der Waals surface area contributed by atoms with Gasteiger partial charge < -0.3 is 0 Å². The second kappa shape index (κ2) is 9.93. The molecule has 38 valence electrons. The molecule has 0 amide bonds. The van der Waals surface area contributed by atoms with Crippen LogP contribution in [0.15, 0.2) is 0 Å². The molecule has 0 radical (unpaired) electrons. The molecule has 0 rings (SSSR count). The van der Waals surface area contributed by atoms with E-state index in [1.165, 1.54) is 0 Å². The Hall–Kier alpha value is 0.806. The van der Waals surface area contributed by atoms with Crippen molar-refractivity contribution in [2.24, 2.45) is 0 Å². The molecule has 0 aliphatic rings. The van der Waals surface area contributed by atoms with Crippen molar-refractivity contribution in [1.82, 2.24) is 0 Å². The summed E-state index contributed by atoms with van der Waals surface area (Å²) >= 11 is 3.25. The number of hydrogen-bond donors (Lipinski definition) is 0. The monoisotopic (exact) mass is 172 g/mol. The van der Waals surface area contributed by atoms with E-state index in [-0.39, 0.29) is 23.1 Å². The zero-order valence-corrected chi connectivity index (χ0v) is 5.38. The van der Waals surface area contributed by atoms with E-state index >= 15 is 0 Å². The summed E-state index contributed by atoms with van der Waals surface area (Å²) in [5, 5.41) is 0.994. The Kier molecular flexibility index (Phi) is 15.2. The van der Waals surface area contributed by atoms with E-state index in [0.29, 0.717) is 0 Å². The van der Waals surface area contributed by atoms with Gasteiger partial charge in [0.05, 0.1) is 0 Å². The summed E-state index contributed by atoms with van der Waals surface area (Å²) < 4.78 is 0. The van der Waals surface area contributed by atoms with Crippen molar-refractivity contribution in [2.75, 3.05) is 5.33 Å². The first-order valence-corrected chi connectivity index (χ1v) is 2.99. The number of hydrogen-bond acceptors (Lipinski definition) is 0. The molecule has 0 aromatic heterocycles. The molecule has 0 bridgehead atoms. The van der Waals surface area contributed by atoms with Crippen LogP contribution in [0.2, 0.25) is 0 Å². The normalized spacial score (nSPS) is 5.43. The van der Waals surface area contributed by atoms with Crippen LogP contribution in [-0.4, -0.2) is 28.4 Å². The SMILES string of the molecule is CC#CCCBr.[MgH2]. The fourth-order valence-corrected chi connectivity index (χ4v) is 0.370. The molecule has 0 atom stereocenters. The maximum atomic E-state index is 3.25. The Balaban J connectivity index is 0. The molecule has 0 saturated heterocycles. The predicted octanol–water partition coefficient (Wildman–Crippen LogP) is 0.879. The van der Waals surface area contributed by atoms with Crippen LogP contribution in [0.4, 0.5) is 0 Å². The highest BCUT2D eigenvalue weighted by atomic mass is 79.9. The van der Waals surface area contributed by atoms with E-state index in [2.05, 4.69) is 27.8 Å². The molecule has 0 aliphatic heterocycles. The smallest absolute Gasteiger partial charge is 0.107 e. The van der Waals surface area contributed by atoms with Crippen LogP contribution in [-0.2, 0) is 0 Å².